The van der Waals surface area contributed by atoms with E-state index in [0.717, 1.165) is 22.5 Å². The van der Waals surface area contributed by atoms with Gasteiger partial charge in [0.1, 0.15) is 17.4 Å². The molecule has 2 heterocycles. The summed E-state index contributed by atoms with van der Waals surface area (Å²) in [7, 11) is 0. The molecular formula is C21H19ClN4O2. The van der Waals surface area contributed by atoms with Crippen LogP contribution in [0, 0.1) is 39.0 Å². The monoisotopic (exact) mass is 394 g/mol. The summed E-state index contributed by atoms with van der Waals surface area (Å²) in [4.78, 5) is 12.1. The van der Waals surface area contributed by atoms with Crippen molar-refractivity contribution in [3.05, 3.63) is 74.8 Å². The Bertz CT molecular complexity index is 1110. The maximum atomic E-state index is 12.1. The quantitative estimate of drug-likeness (QED) is 0.518. The number of carbonyl (C=O) groups is 1. The van der Waals surface area contributed by atoms with Crippen LogP contribution >= 0.6 is 11.6 Å². The molecule has 0 saturated heterocycles. The van der Waals surface area contributed by atoms with E-state index in [0.29, 0.717) is 27.8 Å². The minimum Gasteiger partial charge on any atom is -0.443 e. The third-order valence-electron chi connectivity index (χ3n) is 4.63. The highest BCUT2D eigenvalue weighted by atomic mass is 35.5. The predicted molar refractivity (Wildman–Crippen MR) is 108 cm³/mol. The van der Waals surface area contributed by atoms with Gasteiger partial charge in [0.05, 0.1) is 6.21 Å². The minimum absolute atomic E-state index is 0.328. The molecule has 0 unspecified atom stereocenters. The first kappa shape index (κ1) is 19.5. The maximum absolute atomic E-state index is 12.1. The Morgan fingerprint density at radius 1 is 1.25 bits per heavy atom. The molecule has 28 heavy (non-hydrogen) atoms. The third kappa shape index (κ3) is 3.57. The van der Waals surface area contributed by atoms with E-state index in [9.17, 15) is 10.1 Å². The standard InChI is InChI=1S/C21H19ClN4O2/c1-12-9-17(11-24-25-20(27)16-5-7-18(22)8-6-16)14(3)26(12)21-19(10-23)13(2)15(4)28-21/h5-9,11H,1-4H3,(H,25,27)/b24-11-. The molecule has 0 atom stereocenters. The first-order valence-electron chi connectivity index (χ1n) is 8.61. The number of rotatable bonds is 4. The van der Waals surface area contributed by atoms with Crippen LogP contribution in [0.15, 0.2) is 39.9 Å². The van der Waals surface area contributed by atoms with Crippen LogP contribution in [-0.4, -0.2) is 16.7 Å². The first-order valence-corrected chi connectivity index (χ1v) is 8.99. The number of hydrogen-bond acceptors (Lipinski definition) is 4. The molecular weight excluding hydrogens is 376 g/mol. The van der Waals surface area contributed by atoms with Gasteiger partial charge in [-0.15, -0.1) is 0 Å². The van der Waals surface area contributed by atoms with Crippen LogP contribution in [0.1, 0.15) is 44.2 Å². The molecule has 1 amide bonds. The predicted octanol–water partition coefficient (Wildman–Crippen LogP) is 4.59. The summed E-state index contributed by atoms with van der Waals surface area (Å²) in [5, 5.41) is 14.1. The van der Waals surface area contributed by atoms with Gasteiger partial charge in [0.15, 0.2) is 0 Å². The second-order valence-electron chi connectivity index (χ2n) is 6.44. The van der Waals surface area contributed by atoms with E-state index in [4.69, 9.17) is 16.0 Å². The second kappa shape index (κ2) is 7.75. The van der Waals surface area contributed by atoms with Crippen molar-refractivity contribution in [2.24, 2.45) is 5.10 Å². The molecule has 0 aliphatic heterocycles. The van der Waals surface area contributed by atoms with Crippen LogP contribution in [0.25, 0.3) is 5.88 Å². The Kier molecular flexibility index (Phi) is 5.39. The summed E-state index contributed by atoms with van der Waals surface area (Å²) >= 11 is 5.83. The highest BCUT2D eigenvalue weighted by Crippen LogP contribution is 2.28. The van der Waals surface area contributed by atoms with Crippen LogP contribution in [-0.2, 0) is 0 Å². The number of hydrazone groups is 1. The molecule has 0 bridgehead atoms. The van der Waals surface area contributed by atoms with Gasteiger partial charge in [0, 0.05) is 33.1 Å². The first-order chi connectivity index (χ1) is 13.3. The van der Waals surface area contributed by atoms with Crippen molar-refractivity contribution in [3.8, 4) is 12.0 Å². The molecule has 6 nitrogen and oxygen atoms in total. The number of amides is 1. The van der Waals surface area contributed by atoms with Gasteiger partial charge in [-0.2, -0.15) is 10.4 Å². The number of carbonyl (C=O) groups excluding carboxylic acids is 1. The van der Waals surface area contributed by atoms with E-state index < -0.39 is 0 Å². The number of hydrogen-bond donors (Lipinski definition) is 1. The van der Waals surface area contributed by atoms with Gasteiger partial charge < -0.3 is 4.42 Å². The van der Waals surface area contributed by atoms with E-state index in [1.807, 2.05) is 38.3 Å². The summed E-state index contributed by atoms with van der Waals surface area (Å²) in [6, 6.07) is 10.7. The van der Waals surface area contributed by atoms with Crippen LogP contribution in [0.3, 0.4) is 0 Å². The molecule has 0 spiro atoms. The highest BCUT2D eigenvalue weighted by molar-refractivity contribution is 6.30. The van der Waals surface area contributed by atoms with Gasteiger partial charge in [-0.05, 0) is 58.0 Å². The van der Waals surface area contributed by atoms with Crippen molar-refractivity contribution in [2.45, 2.75) is 27.7 Å². The van der Waals surface area contributed by atoms with E-state index in [1.54, 1.807) is 30.5 Å². The summed E-state index contributed by atoms with van der Waals surface area (Å²) in [6.45, 7) is 7.53. The van der Waals surface area contributed by atoms with Crippen LogP contribution in [0.5, 0.6) is 0 Å². The molecule has 1 N–H and O–H groups in total. The lowest BCUT2D eigenvalue weighted by Crippen LogP contribution is -2.17. The number of aromatic nitrogens is 1. The number of nitrogens with one attached hydrogen (secondary N) is 1. The molecule has 0 aliphatic carbocycles. The fraction of sp³-hybridized carbons (Fsp3) is 0.190. The lowest BCUT2D eigenvalue weighted by molar-refractivity contribution is 0.0955. The lowest BCUT2D eigenvalue weighted by Gasteiger charge is -2.06. The highest BCUT2D eigenvalue weighted by Gasteiger charge is 2.20. The second-order valence-corrected chi connectivity index (χ2v) is 6.88. The smallest absolute Gasteiger partial charge is 0.271 e. The van der Waals surface area contributed by atoms with Crippen molar-refractivity contribution in [1.82, 2.24) is 9.99 Å². The largest absolute Gasteiger partial charge is 0.443 e. The van der Waals surface area contributed by atoms with E-state index in [1.165, 1.54) is 0 Å². The van der Waals surface area contributed by atoms with Gasteiger partial charge in [-0.3, -0.25) is 9.36 Å². The molecule has 3 aromatic rings. The molecule has 0 aliphatic rings. The Labute approximate surface area is 168 Å². The molecule has 0 radical (unpaired) electrons. The fourth-order valence-electron chi connectivity index (χ4n) is 2.96. The van der Waals surface area contributed by atoms with Gasteiger partial charge in [-0.25, -0.2) is 5.43 Å². The van der Waals surface area contributed by atoms with Crippen molar-refractivity contribution in [1.29, 1.82) is 5.26 Å². The summed E-state index contributed by atoms with van der Waals surface area (Å²) in [5.41, 5.74) is 6.87. The number of nitriles is 1. The number of aryl methyl sites for hydroxylation is 2. The SMILES string of the molecule is Cc1oc(-n2c(C)cc(/C=N\NC(=O)c3ccc(Cl)cc3)c2C)c(C#N)c1C. The normalized spacial score (nSPS) is 11.0. The van der Waals surface area contributed by atoms with Crippen LogP contribution < -0.4 is 5.43 Å². The number of benzene rings is 1. The fourth-order valence-corrected chi connectivity index (χ4v) is 3.08. The molecule has 0 saturated carbocycles. The third-order valence-corrected chi connectivity index (χ3v) is 4.88. The average molecular weight is 395 g/mol. The van der Waals surface area contributed by atoms with Gasteiger partial charge >= 0.3 is 0 Å². The van der Waals surface area contributed by atoms with E-state index in [2.05, 4.69) is 16.6 Å². The zero-order chi connectivity index (χ0) is 20.4. The molecule has 7 heteroatoms. The average Bonchev–Trinajstić information content (AvgIpc) is 3.10. The Balaban J connectivity index is 1.85. The van der Waals surface area contributed by atoms with Crippen LogP contribution in [0.2, 0.25) is 5.02 Å². The lowest BCUT2D eigenvalue weighted by atomic mass is 10.2. The maximum Gasteiger partial charge on any atom is 0.271 e. The molecule has 142 valence electrons. The topological polar surface area (TPSA) is 83.3 Å². The molecule has 2 aromatic heterocycles. The zero-order valence-corrected chi connectivity index (χ0v) is 16.8. The summed E-state index contributed by atoms with van der Waals surface area (Å²) < 4.78 is 7.70. The number of halogens is 1. The summed E-state index contributed by atoms with van der Waals surface area (Å²) in [6.07, 6.45) is 1.57. The van der Waals surface area contributed by atoms with Gasteiger partial charge in [0.25, 0.3) is 5.91 Å². The zero-order valence-electron chi connectivity index (χ0n) is 16.0. The Morgan fingerprint density at radius 2 is 1.93 bits per heavy atom. The molecule has 0 fully saturated rings. The van der Waals surface area contributed by atoms with Crippen molar-refractivity contribution in [3.63, 3.8) is 0 Å². The summed E-state index contributed by atoms with van der Waals surface area (Å²) in [5.74, 6) is 0.882. The van der Waals surface area contributed by atoms with Gasteiger partial charge in [0.2, 0.25) is 5.88 Å². The van der Waals surface area contributed by atoms with Crippen LogP contribution in [0.4, 0.5) is 0 Å². The molecule has 1 aromatic carbocycles. The van der Waals surface area contributed by atoms with Gasteiger partial charge in [-0.1, -0.05) is 11.6 Å². The Hall–Kier alpha value is -3.30. The van der Waals surface area contributed by atoms with E-state index in [-0.39, 0.29) is 5.91 Å². The Morgan fingerprint density at radius 3 is 2.57 bits per heavy atom. The number of furan rings is 1. The van der Waals surface area contributed by atoms with E-state index >= 15 is 0 Å². The minimum atomic E-state index is -0.328. The van der Waals surface area contributed by atoms with Crippen molar-refractivity contribution >= 4 is 23.7 Å². The van der Waals surface area contributed by atoms with Crippen molar-refractivity contribution < 1.29 is 9.21 Å². The number of nitrogens with zero attached hydrogens (tertiary/aromatic N) is 3. The van der Waals surface area contributed by atoms with Crippen molar-refractivity contribution in [2.75, 3.05) is 0 Å². The molecule has 3 rings (SSSR count).